The Balaban J connectivity index is 1.56. The molecule has 36 heavy (non-hydrogen) atoms. The zero-order valence-electron chi connectivity index (χ0n) is 19.4. The lowest BCUT2D eigenvalue weighted by Crippen LogP contribution is -2.54. The highest BCUT2D eigenvalue weighted by Crippen LogP contribution is 2.29. The Bertz CT molecular complexity index is 1610. The number of aryl methyl sites for hydroxylation is 2. The highest BCUT2D eigenvalue weighted by atomic mass is 32.1. The molecule has 2 aromatic carbocycles. The molecule has 0 spiro atoms. The number of furan rings is 1. The van der Waals surface area contributed by atoms with Crippen molar-refractivity contribution in [1.29, 1.82) is 0 Å². The molecular weight excluding hydrogens is 478 g/mol. The van der Waals surface area contributed by atoms with Crippen LogP contribution in [0.4, 0.5) is 5.69 Å². The van der Waals surface area contributed by atoms with Crippen molar-refractivity contribution < 1.29 is 23.9 Å². The largest absolute Gasteiger partial charge is 0.475 e. The fourth-order valence-corrected chi connectivity index (χ4v) is 4.63. The van der Waals surface area contributed by atoms with Gasteiger partial charge >= 0.3 is 5.97 Å². The van der Waals surface area contributed by atoms with Gasteiger partial charge in [-0.1, -0.05) is 35.9 Å². The molecule has 0 atom stereocenters. The smallest absolute Gasteiger partial charge is 0.371 e. The van der Waals surface area contributed by atoms with Gasteiger partial charge in [0.1, 0.15) is 11.3 Å². The third-order valence-electron chi connectivity index (χ3n) is 6.01. The van der Waals surface area contributed by atoms with Crippen LogP contribution in [-0.4, -0.2) is 32.6 Å². The number of anilines is 1. The molecule has 8 nitrogen and oxygen atoms in total. The van der Waals surface area contributed by atoms with Crippen molar-refractivity contribution in [2.45, 2.75) is 20.4 Å². The molecule has 9 heteroatoms. The summed E-state index contributed by atoms with van der Waals surface area (Å²) in [7, 11) is 0. The highest BCUT2D eigenvalue weighted by molar-refractivity contribution is 7.80. The molecule has 2 aromatic heterocycles. The SMILES string of the molecule is Cc1ccc(N2C(=O)/C(=C/c3cn(Cc4ccc(C(=O)O)o4)c4ccccc34)C(=O)NC2=S)c(C)c1. The topological polar surface area (TPSA) is 105 Å². The van der Waals surface area contributed by atoms with Gasteiger partial charge < -0.3 is 14.1 Å². The molecule has 3 heterocycles. The molecule has 0 radical (unpaired) electrons. The highest BCUT2D eigenvalue weighted by Gasteiger charge is 2.35. The second kappa shape index (κ2) is 8.94. The third kappa shape index (κ3) is 4.09. The number of nitrogens with zero attached hydrogens (tertiary/aromatic N) is 2. The minimum absolute atomic E-state index is 0.0311. The number of amides is 2. The Morgan fingerprint density at radius 3 is 2.61 bits per heavy atom. The number of aromatic carboxylic acids is 1. The minimum Gasteiger partial charge on any atom is -0.475 e. The Morgan fingerprint density at radius 2 is 1.89 bits per heavy atom. The second-order valence-corrected chi connectivity index (χ2v) is 8.94. The summed E-state index contributed by atoms with van der Waals surface area (Å²) in [5.41, 5.74) is 3.96. The van der Waals surface area contributed by atoms with Crippen LogP contribution in [0.1, 0.15) is 33.0 Å². The van der Waals surface area contributed by atoms with Gasteiger partial charge in [-0.15, -0.1) is 0 Å². The molecule has 0 saturated carbocycles. The molecule has 5 rings (SSSR count). The lowest BCUT2D eigenvalue weighted by atomic mass is 10.0. The fourth-order valence-electron chi connectivity index (χ4n) is 4.35. The van der Waals surface area contributed by atoms with Crippen LogP contribution >= 0.6 is 12.2 Å². The maximum absolute atomic E-state index is 13.5. The fraction of sp³-hybridized carbons (Fsp3) is 0.111. The molecule has 2 N–H and O–H groups in total. The molecule has 1 aliphatic rings. The van der Waals surface area contributed by atoms with Crippen LogP contribution in [0.15, 0.2) is 70.8 Å². The van der Waals surface area contributed by atoms with E-state index in [4.69, 9.17) is 21.7 Å². The van der Waals surface area contributed by atoms with Crippen LogP contribution < -0.4 is 10.2 Å². The number of benzene rings is 2. The van der Waals surface area contributed by atoms with E-state index < -0.39 is 17.8 Å². The van der Waals surface area contributed by atoms with Gasteiger partial charge in [0, 0.05) is 22.7 Å². The first-order valence-corrected chi connectivity index (χ1v) is 11.5. The number of para-hydroxylation sites is 1. The number of nitrogens with one attached hydrogen (secondary N) is 1. The average Bonchev–Trinajstić information content (AvgIpc) is 3.43. The van der Waals surface area contributed by atoms with Gasteiger partial charge in [0.15, 0.2) is 5.11 Å². The summed E-state index contributed by atoms with van der Waals surface area (Å²) in [4.78, 5) is 38.9. The van der Waals surface area contributed by atoms with Crippen LogP contribution in [0.25, 0.3) is 17.0 Å². The van der Waals surface area contributed by atoms with E-state index in [1.165, 1.54) is 11.0 Å². The van der Waals surface area contributed by atoms with E-state index in [0.717, 1.165) is 22.0 Å². The lowest BCUT2D eigenvalue weighted by Gasteiger charge is -2.30. The van der Waals surface area contributed by atoms with Gasteiger partial charge in [0.2, 0.25) is 5.76 Å². The monoisotopic (exact) mass is 499 g/mol. The zero-order valence-corrected chi connectivity index (χ0v) is 20.3. The number of carbonyl (C=O) groups excluding carboxylic acids is 2. The molecule has 180 valence electrons. The van der Waals surface area contributed by atoms with E-state index in [1.54, 1.807) is 18.3 Å². The first-order chi connectivity index (χ1) is 17.2. The number of carboxylic acid groups (broad SMARTS) is 1. The summed E-state index contributed by atoms with van der Waals surface area (Å²) in [6.07, 6.45) is 3.36. The number of rotatable bonds is 5. The number of hydrogen-bond donors (Lipinski definition) is 2. The van der Waals surface area contributed by atoms with Gasteiger partial charge in [-0.3, -0.25) is 19.8 Å². The number of carboxylic acids is 1. The molecule has 1 fully saturated rings. The maximum atomic E-state index is 13.5. The van der Waals surface area contributed by atoms with Crippen LogP contribution in [0.5, 0.6) is 0 Å². The molecule has 2 amide bonds. The van der Waals surface area contributed by atoms with Crippen LogP contribution in [0.3, 0.4) is 0 Å². The molecule has 0 aliphatic carbocycles. The van der Waals surface area contributed by atoms with Gasteiger partial charge in [-0.05, 0) is 62.0 Å². The minimum atomic E-state index is -1.14. The van der Waals surface area contributed by atoms with E-state index in [0.29, 0.717) is 17.0 Å². The Morgan fingerprint density at radius 1 is 1.11 bits per heavy atom. The van der Waals surface area contributed by atoms with Crippen LogP contribution in [-0.2, 0) is 16.1 Å². The molecule has 1 aliphatic heterocycles. The Kier molecular flexibility index (Phi) is 5.77. The molecule has 4 aromatic rings. The number of fused-ring (bicyclic) bond motifs is 1. The molecular formula is C27H21N3O5S. The molecule has 0 unspecified atom stereocenters. The van der Waals surface area contributed by atoms with Crippen molar-refractivity contribution >= 4 is 57.8 Å². The Labute approximate surface area is 211 Å². The summed E-state index contributed by atoms with van der Waals surface area (Å²) in [5.74, 6) is -1.90. The van der Waals surface area contributed by atoms with E-state index in [2.05, 4.69) is 5.32 Å². The van der Waals surface area contributed by atoms with E-state index >= 15 is 0 Å². The standard InChI is InChI=1S/C27H21N3O5S/c1-15-7-9-21(16(2)11-15)30-25(32)20(24(31)28-27(30)36)12-17-13-29(22-6-4-3-5-19(17)22)14-18-8-10-23(35-18)26(33)34/h3-13H,14H2,1-2H3,(H,33,34)(H,28,31,36)/b20-12+. The van der Waals surface area contributed by atoms with E-state index in [1.807, 2.05) is 60.9 Å². The normalized spacial score (nSPS) is 15.1. The third-order valence-corrected chi connectivity index (χ3v) is 6.30. The van der Waals surface area contributed by atoms with Gasteiger partial charge in [-0.25, -0.2) is 4.79 Å². The van der Waals surface area contributed by atoms with Gasteiger partial charge in [0.05, 0.1) is 12.2 Å². The number of thiocarbonyl (C=S) groups is 1. The number of hydrogen-bond acceptors (Lipinski definition) is 5. The van der Waals surface area contributed by atoms with Crippen molar-refractivity contribution in [3.63, 3.8) is 0 Å². The quantitative estimate of drug-likeness (QED) is 0.239. The average molecular weight is 500 g/mol. The Hall–Kier alpha value is -4.50. The first kappa shape index (κ1) is 23.3. The lowest BCUT2D eigenvalue weighted by molar-refractivity contribution is -0.122. The summed E-state index contributed by atoms with van der Waals surface area (Å²) in [6.45, 7) is 4.12. The summed E-state index contributed by atoms with van der Waals surface area (Å²) >= 11 is 5.34. The number of carbonyl (C=O) groups is 3. The van der Waals surface area contributed by atoms with Crippen molar-refractivity contribution in [2.75, 3.05) is 4.90 Å². The van der Waals surface area contributed by atoms with Crippen LogP contribution in [0.2, 0.25) is 0 Å². The zero-order chi connectivity index (χ0) is 25.6. The predicted octanol–water partition coefficient (Wildman–Crippen LogP) is 4.43. The second-order valence-electron chi connectivity index (χ2n) is 8.55. The predicted molar refractivity (Wildman–Crippen MR) is 139 cm³/mol. The van der Waals surface area contributed by atoms with Crippen molar-refractivity contribution in [3.8, 4) is 0 Å². The summed E-state index contributed by atoms with van der Waals surface area (Å²) < 4.78 is 7.29. The van der Waals surface area contributed by atoms with Crippen molar-refractivity contribution in [2.24, 2.45) is 0 Å². The molecule has 0 bridgehead atoms. The van der Waals surface area contributed by atoms with Crippen molar-refractivity contribution in [3.05, 3.63) is 94.6 Å². The summed E-state index contributed by atoms with van der Waals surface area (Å²) in [5, 5.41) is 12.6. The van der Waals surface area contributed by atoms with E-state index in [-0.39, 0.29) is 23.0 Å². The van der Waals surface area contributed by atoms with Crippen molar-refractivity contribution in [1.82, 2.24) is 9.88 Å². The van der Waals surface area contributed by atoms with Gasteiger partial charge in [-0.2, -0.15) is 0 Å². The first-order valence-electron chi connectivity index (χ1n) is 11.1. The van der Waals surface area contributed by atoms with E-state index in [9.17, 15) is 14.4 Å². The van der Waals surface area contributed by atoms with Crippen LogP contribution in [0, 0.1) is 13.8 Å². The number of aromatic nitrogens is 1. The molecule has 1 saturated heterocycles. The maximum Gasteiger partial charge on any atom is 0.371 e. The van der Waals surface area contributed by atoms with Gasteiger partial charge in [0.25, 0.3) is 11.8 Å². The summed E-state index contributed by atoms with van der Waals surface area (Å²) in [6, 6.07) is 16.2.